The average molecular weight is 506 g/mol. The van der Waals surface area contributed by atoms with Crippen LogP contribution >= 0.6 is 11.6 Å². The van der Waals surface area contributed by atoms with Gasteiger partial charge in [0.05, 0.1) is 9.92 Å². The highest BCUT2D eigenvalue weighted by Crippen LogP contribution is 2.32. The van der Waals surface area contributed by atoms with E-state index in [0.717, 1.165) is 17.5 Å². The van der Waals surface area contributed by atoms with Crippen LogP contribution in [0.5, 0.6) is 5.75 Å². The van der Waals surface area contributed by atoms with Crippen molar-refractivity contribution in [3.8, 4) is 5.75 Å². The smallest absolute Gasteiger partial charge is 0.336 e. The lowest BCUT2D eigenvalue weighted by Gasteiger charge is -2.20. The fourth-order valence-corrected chi connectivity index (χ4v) is 5.00. The van der Waals surface area contributed by atoms with Crippen LogP contribution in [-0.2, 0) is 21.2 Å². The summed E-state index contributed by atoms with van der Waals surface area (Å²) in [5, 5.41) is 0.807. The molecule has 1 N–H and O–H groups in total. The predicted octanol–water partition coefficient (Wildman–Crippen LogP) is 5.01. The number of rotatable bonds is 9. The second-order valence-corrected chi connectivity index (χ2v) is 10.8. The number of halogens is 1. The van der Waals surface area contributed by atoms with Crippen molar-refractivity contribution in [2.75, 3.05) is 0 Å². The van der Waals surface area contributed by atoms with Crippen molar-refractivity contribution in [2.45, 2.75) is 57.9 Å². The van der Waals surface area contributed by atoms with E-state index in [0.29, 0.717) is 11.8 Å². The minimum atomic E-state index is -3.97. The number of aryl methyl sites for hydroxylation is 2. The first-order valence-corrected chi connectivity index (χ1v) is 12.9. The fourth-order valence-electron chi connectivity index (χ4n) is 3.60. The van der Waals surface area contributed by atoms with Crippen LogP contribution in [0, 0.1) is 12.8 Å². The minimum Gasteiger partial charge on any atom is -0.424 e. The predicted molar refractivity (Wildman–Crippen MR) is 132 cm³/mol. The Morgan fingerprint density at radius 1 is 1.15 bits per heavy atom. The Morgan fingerprint density at radius 2 is 1.82 bits per heavy atom. The lowest BCUT2D eigenvalue weighted by atomic mass is 10.0. The molecule has 1 aromatic heterocycles. The van der Waals surface area contributed by atoms with Crippen LogP contribution in [0.15, 0.2) is 56.6 Å². The summed E-state index contributed by atoms with van der Waals surface area (Å²) >= 11 is 6.38. The Hall–Kier alpha value is -2.68. The van der Waals surface area contributed by atoms with Gasteiger partial charge in [0.25, 0.3) is 0 Å². The number of ether oxygens (including phenoxy) is 1. The van der Waals surface area contributed by atoms with Gasteiger partial charge in [-0.25, -0.2) is 18.0 Å². The van der Waals surface area contributed by atoms with Crippen molar-refractivity contribution in [3.05, 3.63) is 69.0 Å². The highest BCUT2D eigenvalue weighted by molar-refractivity contribution is 7.89. The van der Waals surface area contributed by atoms with Crippen LogP contribution in [0.4, 0.5) is 0 Å². The van der Waals surface area contributed by atoms with E-state index in [2.05, 4.69) is 4.72 Å². The molecule has 34 heavy (non-hydrogen) atoms. The first-order chi connectivity index (χ1) is 16.0. The van der Waals surface area contributed by atoms with Crippen LogP contribution in [0.1, 0.15) is 44.7 Å². The zero-order chi connectivity index (χ0) is 25.0. The van der Waals surface area contributed by atoms with Gasteiger partial charge >= 0.3 is 11.6 Å². The zero-order valence-electron chi connectivity index (χ0n) is 19.6. The van der Waals surface area contributed by atoms with Crippen molar-refractivity contribution < 1.29 is 22.4 Å². The number of fused-ring (bicyclic) bond motifs is 1. The maximum atomic E-state index is 13.0. The number of carbonyl (C=O) groups excluding carboxylic acids is 1. The van der Waals surface area contributed by atoms with E-state index < -0.39 is 27.7 Å². The van der Waals surface area contributed by atoms with E-state index in [1.165, 1.54) is 24.3 Å². The molecule has 1 heterocycles. The Balaban J connectivity index is 1.91. The third-order valence-electron chi connectivity index (χ3n) is 5.23. The molecule has 0 fully saturated rings. The lowest BCUT2D eigenvalue weighted by Crippen LogP contribution is -2.43. The largest absolute Gasteiger partial charge is 0.424 e. The first kappa shape index (κ1) is 25.9. The fraction of sp³-hybridized carbons (Fsp3) is 0.360. The molecule has 0 saturated carbocycles. The summed E-state index contributed by atoms with van der Waals surface area (Å²) in [4.78, 5) is 25.0. The third kappa shape index (κ3) is 6.25. The molecule has 3 aromatic rings. The maximum Gasteiger partial charge on any atom is 0.336 e. The molecular weight excluding hydrogens is 478 g/mol. The molecule has 1 atom stereocenters. The molecule has 182 valence electrons. The second kappa shape index (κ2) is 10.7. The Labute approximate surface area is 204 Å². The van der Waals surface area contributed by atoms with Crippen molar-refractivity contribution in [3.63, 3.8) is 0 Å². The summed E-state index contributed by atoms with van der Waals surface area (Å²) in [6, 6.07) is 9.57. The van der Waals surface area contributed by atoms with Gasteiger partial charge in [-0.05, 0) is 49.4 Å². The lowest BCUT2D eigenvalue weighted by molar-refractivity contribution is -0.136. The highest BCUT2D eigenvalue weighted by Gasteiger charge is 2.29. The number of nitrogens with one attached hydrogen (secondary N) is 1. The number of benzene rings is 2. The van der Waals surface area contributed by atoms with Gasteiger partial charge in [-0.1, -0.05) is 56.5 Å². The molecule has 0 aliphatic rings. The van der Waals surface area contributed by atoms with Gasteiger partial charge in [-0.3, -0.25) is 0 Å². The topological polar surface area (TPSA) is 103 Å². The van der Waals surface area contributed by atoms with Crippen LogP contribution in [0.25, 0.3) is 11.0 Å². The van der Waals surface area contributed by atoms with Crippen LogP contribution < -0.4 is 15.1 Å². The van der Waals surface area contributed by atoms with Gasteiger partial charge in [0, 0.05) is 17.5 Å². The van der Waals surface area contributed by atoms with Crippen LogP contribution in [-0.4, -0.2) is 20.4 Å². The van der Waals surface area contributed by atoms with Crippen molar-refractivity contribution in [2.24, 2.45) is 5.92 Å². The molecule has 0 amide bonds. The van der Waals surface area contributed by atoms with Gasteiger partial charge in [0.2, 0.25) is 10.0 Å². The van der Waals surface area contributed by atoms with Gasteiger partial charge < -0.3 is 9.15 Å². The van der Waals surface area contributed by atoms with E-state index in [4.69, 9.17) is 20.8 Å². The summed E-state index contributed by atoms with van der Waals surface area (Å²) in [5.41, 5.74) is 1.43. The van der Waals surface area contributed by atoms with Gasteiger partial charge in [0.15, 0.2) is 5.75 Å². The Kier molecular flexibility index (Phi) is 8.17. The summed E-state index contributed by atoms with van der Waals surface area (Å²) in [7, 11) is -3.97. The standard InChI is InChI=1S/C25H28ClNO6S/c1-5-6-17-12-24(28)32-22-14-23(20(26)13-19(17)22)33-25(29)21(11-15(2)3)27-34(30,31)18-9-7-16(4)8-10-18/h7-10,12-15,21,27H,5-6,11H2,1-4H3. The van der Waals surface area contributed by atoms with E-state index in [1.54, 1.807) is 18.2 Å². The Bertz CT molecular complexity index is 1350. The number of hydrogen-bond acceptors (Lipinski definition) is 6. The molecule has 0 radical (unpaired) electrons. The molecule has 7 nitrogen and oxygen atoms in total. The molecule has 0 saturated heterocycles. The average Bonchev–Trinajstić information content (AvgIpc) is 2.74. The Morgan fingerprint density at radius 3 is 2.44 bits per heavy atom. The van der Waals surface area contributed by atoms with Gasteiger partial charge in [-0.2, -0.15) is 4.72 Å². The SMILES string of the molecule is CCCc1cc(=O)oc2cc(OC(=O)C(CC(C)C)NS(=O)(=O)c3ccc(C)cc3)c(Cl)cc12. The monoisotopic (exact) mass is 505 g/mol. The van der Waals surface area contributed by atoms with E-state index in [-0.39, 0.29) is 33.6 Å². The van der Waals surface area contributed by atoms with Crippen LogP contribution in [0.3, 0.4) is 0 Å². The normalized spacial score (nSPS) is 12.8. The molecular formula is C25H28ClNO6S. The van der Waals surface area contributed by atoms with E-state index in [1.807, 2.05) is 27.7 Å². The quantitative estimate of drug-likeness (QED) is 0.249. The molecule has 0 aliphatic carbocycles. The highest BCUT2D eigenvalue weighted by atomic mass is 35.5. The molecule has 0 aliphatic heterocycles. The molecule has 0 bridgehead atoms. The first-order valence-electron chi connectivity index (χ1n) is 11.1. The molecule has 0 spiro atoms. The summed E-state index contributed by atoms with van der Waals surface area (Å²) in [6.45, 7) is 7.58. The second-order valence-electron chi connectivity index (χ2n) is 8.66. The van der Waals surface area contributed by atoms with Crippen molar-refractivity contribution in [1.82, 2.24) is 4.72 Å². The minimum absolute atomic E-state index is 0.0000308. The van der Waals surface area contributed by atoms with Crippen molar-refractivity contribution >= 4 is 38.6 Å². The number of hydrogen-bond donors (Lipinski definition) is 1. The molecule has 2 aromatic carbocycles. The van der Waals surface area contributed by atoms with E-state index in [9.17, 15) is 18.0 Å². The van der Waals surface area contributed by atoms with Crippen molar-refractivity contribution in [1.29, 1.82) is 0 Å². The maximum absolute atomic E-state index is 13.0. The van der Waals surface area contributed by atoms with Gasteiger partial charge in [0.1, 0.15) is 11.6 Å². The molecule has 3 rings (SSSR count). The zero-order valence-corrected chi connectivity index (χ0v) is 21.1. The summed E-state index contributed by atoms with van der Waals surface area (Å²) in [5.74, 6) is -0.822. The molecule has 9 heteroatoms. The van der Waals surface area contributed by atoms with Crippen LogP contribution in [0.2, 0.25) is 5.02 Å². The summed E-state index contributed by atoms with van der Waals surface area (Å²) in [6.07, 6.45) is 1.70. The van der Waals surface area contributed by atoms with Gasteiger partial charge in [-0.15, -0.1) is 0 Å². The summed E-state index contributed by atoms with van der Waals surface area (Å²) < 4.78 is 39.0. The number of carbonyl (C=O) groups is 1. The number of sulfonamides is 1. The molecule has 1 unspecified atom stereocenters. The van der Waals surface area contributed by atoms with E-state index >= 15 is 0 Å². The number of esters is 1. The third-order valence-corrected chi connectivity index (χ3v) is 7.02.